The van der Waals surface area contributed by atoms with E-state index in [1.807, 2.05) is 0 Å². The van der Waals surface area contributed by atoms with E-state index in [1.54, 1.807) is 12.1 Å². The van der Waals surface area contributed by atoms with Crippen LogP contribution in [-0.4, -0.2) is 25.1 Å². The predicted molar refractivity (Wildman–Crippen MR) is 93.9 cm³/mol. The number of nitrogen functional groups attached to an aromatic ring is 1. The fourth-order valence-electron chi connectivity index (χ4n) is 2.09. The van der Waals surface area contributed by atoms with E-state index in [-0.39, 0.29) is 23.5 Å². The first kappa shape index (κ1) is 18.5. The average Bonchev–Trinajstić information content (AvgIpc) is 2.60. The van der Waals surface area contributed by atoms with Gasteiger partial charge in [0.1, 0.15) is 23.8 Å². The molecule has 2 N–H and O–H groups in total. The number of ether oxygens (including phenoxy) is 3. The summed E-state index contributed by atoms with van der Waals surface area (Å²) in [4.78, 5) is 22.4. The fraction of sp³-hybridized carbons (Fsp3) is 0.188. The summed E-state index contributed by atoms with van der Waals surface area (Å²) in [6, 6.07) is 7.09. The second-order valence-corrected chi connectivity index (χ2v) is 5.76. The Hall–Kier alpha value is -2.81. The highest BCUT2D eigenvalue weighted by Gasteiger charge is 2.18. The van der Waals surface area contributed by atoms with Gasteiger partial charge in [-0.05, 0) is 40.2 Å². The molecule has 0 aliphatic heterocycles. The Morgan fingerprint density at radius 1 is 1.20 bits per heavy atom. The Labute approximate surface area is 151 Å². The molecule has 0 fully saturated rings. The normalized spacial score (nSPS) is 10.2. The van der Waals surface area contributed by atoms with Crippen molar-refractivity contribution in [2.75, 3.05) is 20.0 Å². The zero-order chi connectivity index (χ0) is 18.6. The zero-order valence-corrected chi connectivity index (χ0v) is 15.0. The molecule has 0 heterocycles. The molecule has 2 aromatic rings. The number of hydrogen-bond donors (Lipinski definition) is 1. The molecular weight excluding hydrogens is 396 g/mol. The van der Waals surface area contributed by atoms with Crippen LogP contribution in [0, 0.1) is 10.1 Å². The molecule has 2 rings (SSSR count). The Kier molecular flexibility index (Phi) is 5.81. The van der Waals surface area contributed by atoms with Crippen molar-refractivity contribution < 1.29 is 23.9 Å². The van der Waals surface area contributed by atoms with Crippen molar-refractivity contribution in [2.24, 2.45) is 0 Å². The molecule has 0 unspecified atom stereocenters. The quantitative estimate of drug-likeness (QED) is 0.336. The molecule has 132 valence electrons. The Bertz CT molecular complexity index is 825. The average molecular weight is 411 g/mol. The third kappa shape index (κ3) is 4.18. The Balaban J connectivity index is 2.20. The van der Waals surface area contributed by atoms with E-state index in [0.717, 1.165) is 6.07 Å². The van der Waals surface area contributed by atoms with Gasteiger partial charge < -0.3 is 19.9 Å². The third-order valence-electron chi connectivity index (χ3n) is 3.38. The first-order valence-corrected chi connectivity index (χ1v) is 7.78. The number of benzene rings is 2. The molecule has 0 bridgehead atoms. The van der Waals surface area contributed by atoms with Crippen LogP contribution in [0.1, 0.15) is 15.9 Å². The lowest BCUT2D eigenvalue weighted by Gasteiger charge is -2.12. The minimum atomic E-state index is -0.716. The van der Waals surface area contributed by atoms with Crippen molar-refractivity contribution in [3.8, 4) is 11.5 Å². The van der Waals surface area contributed by atoms with Gasteiger partial charge in [-0.15, -0.1) is 0 Å². The van der Waals surface area contributed by atoms with Crippen LogP contribution in [-0.2, 0) is 11.3 Å². The van der Waals surface area contributed by atoms with Crippen LogP contribution in [0.2, 0.25) is 0 Å². The maximum absolute atomic E-state index is 12.2. The molecule has 25 heavy (non-hydrogen) atoms. The van der Waals surface area contributed by atoms with Gasteiger partial charge in [-0.2, -0.15) is 0 Å². The number of rotatable bonds is 6. The van der Waals surface area contributed by atoms with Gasteiger partial charge >= 0.3 is 5.97 Å². The number of nitrogens with zero attached hydrogens (tertiary/aromatic N) is 1. The number of nitro benzene ring substituents is 1. The minimum absolute atomic E-state index is 0.0270. The predicted octanol–water partition coefficient (Wildman–Crippen LogP) is 3.31. The molecule has 0 aromatic heterocycles. The van der Waals surface area contributed by atoms with E-state index >= 15 is 0 Å². The summed E-state index contributed by atoms with van der Waals surface area (Å²) in [6.07, 6.45) is 0. The highest BCUT2D eigenvalue weighted by atomic mass is 79.9. The summed E-state index contributed by atoms with van der Waals surface area (Å²) in [5.41, 5.74) is 5.75. The number of nitrogens with two attached hydrogens (primary N) is 1. The van der Waals surface area contributed by atoms with Gasteiger partial charge in [-0.1, -0.05) is 0 Å². The number of carbonyl (C=O) groups excluding carboxylic acids is 1. The van der Waals surface area contributed by atoms with Gasteiger partial charge in [0.15, 0.2) is 0 Å². The molecule has 8 nitrogen and oxygen atoms in total. The van der Waals surface area contributed by atoms with Gasteiger partial charge in [-0.3, -0.25) is 10.1 Å². The van der Waals surface area contributed by atoms with Crippen molar-refractivity contribution in [3.05, 3.63) is 56.0 Å². The van der Waals surface area contributed by atoms with E-state index in [2.05, 4.69) is 15.9 Å². The minimum Gasteiger partial charge on any atom is -0.496 e. The number of esters is 1. The maximum atomic E-state index is 12.2. The summed E-state index contributed by atoms with van der Waals surface area (Å²) in [6.45, 7) is -0.0934. The largest absolute Gasteiger partial charge is 0.496 e. The molecule has 0 amide bonds. The molecule has 0 spiro atoms. The lowest BCUT2D eigenvalue weighted by atomic mass is 10.1. The summed E-state index contributed by atoms with van der Waals surface area (Å²) < 4.78 is 16.4. The fourth-order valence-corrected chi connectivity index (χ4v) is 2.58. The van der Waals surface area contributed by atoms with Gasteiger partial charge in [0, 0.05) is 11.6 Å². The molecule has 2 aromatic carbocycles. The number of methoxy groups -OCH3 is 2. The lowest BCUT2D eigenvalue weighted by molar-refractivity contribution is -0.383. The van der Waals surface area contributed by atoms with E-state index in [4.69, 9.17) is 19.9 Å². The molecule has 0 atom stereocenters. The van der Waals surface area contributed by atoms with E-state index in [9.17, 15) is 14.9 Å². The van der Waals surface area contributed by atoms with Crippen molar-refractivity contribution in [2.45, 2.75) is 6.61 Å². The van der Waals surface area contributed by atoms with Crippen LogP contribution in [0.4, 0.5) is 11.4 Å². The van der Waals surface area contributed by atoms with E-state index in [0.29, 0.717) is 21.5 Å². The number of nitro groups is 1. The van der Waals surface area contributed by atoms with Gasteiger partial charge in [0.25, 0.3) is 5.69 Å². The highest BCUT2D eigenvalue weighted by molar-refractivity contribution is 9.10. The summed E-state index contributed by atoms with van der Waals surface area (Å²) in [7, 11) is 3.00. The molecular formula is C16H15BrN2O6. The van der Waals surface area contributed by atoms with Crippen LogP contribution in [0.25, 0.3) is 0 Å². The first-order chi connectivity index (χ1) is 11.9. The number of anilines is 1. The van der Waals surface area contributed by atoms with Crippen LogP contribution in [0.5, 0.6) is 11.5 Å². The maximum Gasteiger partial charge on any atom is 0.338 e. The van der Waals surface area contributed by atoms with Crippen molar-refractivity contribution in [1.29, 1.82) is 0 Å². The second kappa shape index (κ2) is 7.84. The van der Waals surface area contributed by atoms with Crippen LogP contribution >= 0.6 is 15.9 Å². The monoisotopic (exact) mass is 410 g/mol. The molecule has 0 aliphatic rings. The van der Waals surface area contributed by atoms with Gasteiger partial charge in [-0.25, -0.2) is 4.79 Å². The second-order valence-electron chi connectivity index (χ2n) is 4.91. The molecule has 0 saturated heterocycles. The van der Waals surface area contributed by atoms with Crippen LogP contribution in [0.15, 0.2) is 34.8 Å². The SMILES string of the molecule is COc1cc(COC(=O)c2ccc(N)c([N+](=O)[O-])c2)c(OC)cc1Br. The summed E-state index contributed by atoms with van der Waals surface area (Å²) in [5.74, 6) is 0.339. The van der Waals surface area contributed by atoms with E-state index < -0.39 is 10.9 Å². The lowest BCUT2D eigenvalue weighted by Crippen LogP contribution is -2.07. The topological polar surface area (TPSA) is 114 Å². The first-order valence-electron chi connectivity index (χ1n) is 6.98. The van der Waals surface area contributed by atoms with Crippen molar-refractivity contribution in [1.82, 2.24) is 0 Å². The van der Waals surface area contributed by atoms with Crippen molar-refractivity contribution in [3.63, 3.8) is 0 Å². The standard InChI is InChI=1S/C16H15BrN2O6/c1-23-14-7-11(17)15(24-2)6-10(14)8-25-16(20)9-3-4-12(18)13(5-9)19(21)22/h3-7H,8,18H2,1-2H3. The number of carbonyl (C=O) groups is 1. The van der Waals surface area contributed by atoms with E-state index in [1.165, 1.54) is 26.4 Å². The molecule has 0 radical (unpaired) electrons. The Morgan fingerprint density at radius 2 is 1.88 bits per heavy atom. The van der Waals surface area contributed by atoms with Crippen molar-refractivity contribution >= 4 is 33.3 Å². The third-order valence-corrected chi connectivity index (χ3v) is 4.00. The van der Waals surface area contributed by atoms with Gasteiger partial charge in [0.05, 0.1) is 29.2 Å². The number of hydrogen-bond acceptors (Lipinski definition) is 7. The molecule has 0 saturated carbocycles. The smallest absolute Gasteiger partial charge is 0.338 e. The summed E-state index contributed by atoms with van der Waals surface area (Å²) >= 11 is 3.34. The molecule has 9 heteroatoms. The van der Waals surface area contributed by atoms with Crippen LogP contribution < -0.4 is 15.2 Å². The van der Waals surface area contributed by atoms with Gasteiger partial charge in [0.2, 0.25) is 0 Å². The zero-order valence-electron chi connectivity index (χ0n) is 13.4. The molecule has 0 aliphatic carbocycles. The Morgan fingerprint density at radius 3 is 2.48 bits per heavy atom. The highest BCUT2D eigenvalue weighted by Crippen LogP contribution is 2.33. The summed E-state index contributed by atoms with van der Waals surface area (Å²) in [5, 5.41) is 10.9. The number of halogens is 1. The van der Waals surface area contributed by atoms with Crippen LogP contribution in [0.3, 0.4) is 0 Å².